The summed E-state index contributed by atoms with van der Waals surface area (Å²) in [6.45, 7) is 6.20. The number of hydrogen-bond donors (Lipinski definition) is 3. The van der Waals surface area contributed by atoms with Crippen molar-refractivity contribution in [2.24, 2.45) is 0 Å². The number of nitrogens with one attached hydrogen (secondary N) is 3. The normalized spacial score (nSPS) is 14.3. The predicted octanol–water partition coefficient (Wildman–Crippen LogP) is 7.74. The van der Waals surface area contributed by atoms with Gasteiger partial charge in [0, 0.05) is 54.8 Å². The van der Waals surface area contributed by atoms with Crippen molar-refractivity contribution in [1.82, 2.24) is 24.8 Å². The van der Waals surface area contributed by atoms with Gasteiger partial charge in [-0.25, -0.2) is 15.0 Å². The maximum absolute atomic E-state index is 13.1. The Kier molecular flexibility index (Phi) is 7.25. The van der Waals surface area contributed by atoms with Gasteiger partial charge in [0.15, 0.2) is 0 Å². The topological polar surface area (TPSA) is 85.0 Å². The van der Waals surface area contributed by atoms with Crippen molar-refractivity contribution in [3.05, 3.63) is 96.2 Å². The molecule has 0 aliphatic carbocycles. The molecule has 45 heavy (non-hydrogen) atoms. The standard InChI is InChI=1S/C34H31F3N8/c1-21-3-6-26(40-33-42-30-12-5-24(34(35,36)37)18-31(30)43-33)19-28(21)22-4-11-29-23(17-22)20-38-32(41-29)39-25-7-9-27(10-8-25)45-15-13-44(2)14-16-45/h3-12,17-20H,13-16H2,1-2H3,(H,38,39,41)(H2,40,42,43). The van der Waals surface area contributed by atoms with Gasteiger partial charge < -0.3 is 25.4 Å². The van der Waals surface area contributed by atoms with Crippen molar-refractivity contribution >= 4 is 50.9 Å². The third-order valence-corrected chi connectivity index (χ3v) is 8.19. The number of H-pyrrole nitrogens is 1. The van der Waals surface area contributed by atoms with E-state index in [-0.39, 0.29) is 0 Å². The van der Waals surface area contributed by atoms with Crippen LogP contribution in [0.2, 0.25) is 0 Å². The van der Waals surface area contributed by atoms with E-state index in [1.807, 2.05) is 43.5 Å². The van der Waals surface area contributed by atoms with Gasteiger partial charge in [0.05, 0.1) is 22.1 Å². The van der Waals surface area contributed by atoms with Crippen LogP contribution in [0, 0.1) is 6.92 Å². The summed E-state index contributed by atoms with van der Waals surface area (Å²) in [6.07, 6.45) is -2.60. The van der Waals surface area contributed by atoms with E-state index in [9.17, 15) is 13.2 Å². The number of piperazine rings is 1. The number of aryl methyl sites for hydroxylation is 1. The summed E-state index contributed by atoms with van der Waals surface area (Å²) < 4.78 is 39.4. The molecule has 228 valence electrons. The summed E-state index contributed by atoms with van der Waals surface area (Å²) in [5, 5.41) is 7.41. The van der Waals surface area contributed by atoms with E-state index in [1.165, 1.54) is 11.8 Å². The van der Waals surface area contributed by atoms with Gasteiger partial charge in [-0.05, 0) is 97.4 Å². The first-order chi connectivity index (χ1) is 21.7. The van der Waals surface area contributed by atoms with E-state index in [1.54, 1.807) is 0 Å². The lowest BCUT2D eigenvalue weighted by Gasteiger charge is -2.34. The highest BCUT2D eigenvalue weighted by Crippen LogP contribution is 2.33. The zero-order chi connectivity index (χ0) is 31.1. The zero-order valence-electron chi connectivity index (χ0n) is 24.8. The largest absolute Gasteiger partial charge is 0.416 e. The lowest BCUT2D eigenvalue weighted by Crippen LogP contribution is -2.44. The third-order valence-electron chi connectivity index (χ3n) is 8.19. The van der Waals surface area contributed by atoms with E-state index in [0.717, 1.165) is 77.3 Å². The quantitative estimate of drug-likeness (QED) is 0.178. The van der Waals surface area contributed by atoms with E-state index < -0.39 is 11.7 Å². The lowest BCUT2D eigenvalue weighted by atomic mass is 9.98. The number of hydrogen-bond acceptors (Lipinski definition) is 7. The van der Waals surface area contributed by atoms with Crippen LogP contribution in [0.25, 0.3) is 33.1 Å². The Bertz CT molecular complexity index is 1990. The molecule has 3 heterocycles. The molecule has 2 aromatic heterocycles. The number of nitrogens with zero attached hydrogens (tertiary/aromatic N) is 5. The minimum atomic E-state index is -4.42. The number of rotatable bonds is 6. The predicted molar refractivity (Wildman–Crippen MR) is 174 cm³/mol. The smallest absolute Gasteiger partial charge is 0.369 e. The summed E-state index contributed by atoms with van der Waals surface area (Å²) in [7, 11) is 2.15. The summed E-state index contributed by atoms with van der Waals surface area (Å²) >= 11 is 0. The van der Waals surface area contributed by atoms with Gasteiger partial charge in [-0.15, -0.1) is 0 Å². The first-order valence-corrected chi connectivity index (χ1v) is 14.7. The number of halogens is 3. The van der Waals surface area contributed by atoms with Crippen molar-refractivity contribution in [1.29, 1.82) is 0 Å². The average molecular weight is 609 g/mol. The summed E-state index contributed by atoms with van der Waals surface area (Å²) in [6, 6.07) is 23.8. The minimum absolute atomic E-state index is 0.311. The third kappa shape index (κ3) is 6.12. The molecule has 0 bridgehead atoms. The molecule has 0 unspecified atom stereocenters. The Balaban J connectivity index is 1.07. The Morgan fingerprint density at radius 2 is 1.53 bits per heavy atom. The molecule has 11 heteroatoms. The van der Waals surface area contributed by atoms with Crippen molar-refractivity contribution in [3.63, 3.8) is 0 Å². The van der Waals surface area contributed by atoms with Gasteiger partial charge in [0.2, 0.25) is 11.9 Å². The number of aromatic amines is 1. The van der Waals surface area contributed by atoms with Crippen LogP contribution in [0.1, 0.15) is 11.1 Å². The lowest BCUT2D eigenvalue weighted by molar-refractivity contribution is -0.137. The molecule has 1 aliphatic heterocycles. The number of fused-ring (bicyclic) bond motifs is 2. The van der Waals surface area contributed by atoms with Crippen molar-refractivity contribution in [3.8, 4) is 11.1 Å². The summed E-state index contributed by atoms with van der Waals surface area (Å²) in [4.78, 5) is 21.4. The second kappa shape index (κ2) is 11.4. The average Bonchev–Trinajstić information content (AvgIpc) is 3.44. The molecule has 1 saturated heterocycles. The number of imidazole rings is 1. The van der Waals surface area contributed by atoms with Crippen LogP contribution in [0.3, 0.4) is 0 Å². The van der Waals surface area contributed by atoms with E-state index >= 15 is 0 Å². The van der Waals surface area contributed by atoms with Gasteiger partial charge in [-0.3, -0.25) is 0 Å². The fraction of sp³-hybridized carbons (Fsp3) is 0.206. The fourth-order valence-corrected chi connectivity index (χ4v) is 5.60. The first kappa shape index (κ1) is 28.6. The highest BCUT2D eigenvalue weighted by atomic mass is 19.4. The van der Waals surface area contributed by atoms with Crippen molar-refractivity contribution in [2.45, 2.75) is 13.1 Å². The van der Waals surface area contributed by atoms with Crippen molar-refractivity contribution in [2.75, 3.05) is 48.8 Å². The number of likely N-dealkylation sites (N-methyl/N-ethyl adjacent to an activating group) is 1. The summed E-state index contributed by atoms with van der Waals surface area (Å²) in [5.41, 5.74) is 6.81. The maximum Gasteiger partial charge on any atom is 0.416 e. The van der Waals surface area contributed by atoms with Crippen LogP contribution in [0.4, 0.5) is 42.1 Å². The maximum atomic E-state index is 13.1. The molecule has 0 atom stereocenters. The highest BCUT2D eigenvalue weighted by molar-refractivity contribution is 5.86. The number of benzene rings is 4. The minimum Gasteiger partial charge on any atom is -0.369 e. The zero-order valence-corrected chi connectivity index (χ0v) is 24.8. The second-order valence-corrected chi connectivity index (χ2v) is 11.4. The Labute approximate surface area is 257 Å². The number of alkyl halides is 3. The van der Waals surface area contributed by atoms with E-state index in [0.29, 0.717) is 22.9 Å². The summed E-state index contributed by atoms with van der Waals surface area (Å²) in [5.74, 6) is 0.887. The van der Waals surface area contributed by atoms with E-state index in [2.05, 4.69) is 72.8 Å². The van der Waals surface area contributed by atoms with Crippen LogP contribution in [-0.4, -0.2) is 58.1 Å². The van der Waals surface area contributed by atoms with Crippen LogP contribution in [0.5, 0.6) is 0 Å². The van der Waals surface area contributed by atoms with Crippen LogP contribution in [-0.2, 0) is 6.18 Å². The first-order valence-electron chi connectivity index (χ1n) is 14.7. The second-order valence-electron chi connectivity index (χ2n) is 11.4. The van der Waals surface area contributed by atoms with Gasteiger partial charge in [0.1, 0.15) is 0 Å². The van der Waals surface area contributed by atoms with Gasteiger partial charge >= 0.3 is 6.18 Å². The number of aromatic nitrogens is 4. The molecule has 3 N–H and O–H groups in total. The van der Waals surface area contributed by atoms with Crippen LogP contribution < -0.4 is 15.5 Å². The fourth-order valence-electron chi connectivity index (χ4n) is 5.60. The Morgan fingerprint density at radius 1 is 0.778 bits per heavy atom. The molecule has 7 rings (SSSR count). The Morgan fingerprint density at radius 3 is 2.31 bits per heavy atom. The van der Waals surface area contributed by atoms with Gasteiger partial charge in [0.25, 0.3) is 0 Å². The SMILES string of the molecule is Cc1ccc(Nc2nc3ccc(C(F)(F)F)cc3[nH]2)cc1-c1ccc2nc(Nc3ccc(N4CCN(C)CC4)cc3)ncc2c1. The molecule has 0 spiro atoms. The molecular weight excluding hydrogens is 577 g/mol. The van der Waals surface area contributed by atoms with Crippen LogP contribution in [0.15, 0.2) is 85.1 Å². The monoisotopic (exact) mass is 608 g/mol. The molecule has 1 aliphatic rings. The van der Waals surface area contributed by atoms with Gasteiger partial charge in [-0.1, -0.05) is 12.1 Å². The number of anilines is 5. The van der Waals surface area contributed by atoms with Crippen molar-refractivity contribution < 1.29 is 13.2 Å². The molecule has 4 aromatic carbocycles. The molecule has 1 fully saturated rings. The molecule has 6 aromatic rings. The van der Waals surface area contributed by atoms with Crippen LogP contribution >= 0.6 is 0 Å². The Hall–Kier alpha value is -5.16. The van der Waals surface area contributed by atoms with E-state index in [4.69, 9.17) is 4.98 Å². The molecule has 0 amide bonds. The highest BCUT2D eigenvalue weighted by Gasteiger charge is 2.30. The van der Waals surface area contributed by atoms with Gasteiger partial charge in [-0.2, -0.15) is 13.2 Å². The molecular formula is C34H31F3N8. The molecule has 8 nitrogen and oxygen atoms in total. The molecule has 0 saturated carbocycles. The molecule has 0 radical (unpaired) electrons.